The van der Waals surface area contributed by atoms with E-state index in [9.17, 15) is 5.11 Å². The van der Waals surface area contributed by atoms with Gasteiger partial charge in [-0.2, -0.15) is 0 Å². The van der Waals surface area contributed by atoms with Gasteiger partial charge in [0, 0.05) is 18.7 Å². The standard InChI is InChI=1S/C19H28N4O2/c1-15(24)12-23-10-8-16(9-11-23)13-22(2)14-18-20-21-19(25-18)17-6-4-3-5-7-17/h3-7,15-16,24H,8-14H2,1-2H3/t15-/m0/s1. The Kier molecular flexibility index (Phi) is 6.18. The summed E-state index contributed by atoms with van der Waals surface area (Å²) in [5, 5.41) is 17.8. The molecule has 3 rings (SSSR count). The molecule has 0 bridgehead atoms. The first kappa shape index (κ1) is 18.0. The Balaban J connectivity index is 1.46. The average molecular weight is 344 g/mol. The fourth-order valence-electron chi connectivity index (χ4n) is 3.48. The molecule has 1 aromatic carbocycles. The minimum Gasteiger partial charge on any atom is -0.419 e. The Morgan fingerprint density at radius 1 is 1.24 bits per heavy atom. The van der Waals surface area contributed by atoms with E-state index >= 15 is 0 Å². The number of rotatable bonds is 7. The van der Waals surface area contributed by atoms with Gasteiger partial charge in [-0.3, -0.25) is 4.90 Å². The van der Waals surface area contributed by atoms with Crippen LogP contribution >= 0.6 is 0 Å². The lowest BCUT2D eigenvalue weighted by molar-refractivity contribution is 0.0911. The molecule has 1 fully saturated rings. The summed E-state index contributed by atoms with van der Waals surface area (Å²) in [5.74, 6) is 1.93. The van der Waals surface area contributed by atoms with E-state index in [1.807, 2.05) is 37.3 Å². The third-order valence-corrected chi connectivity index (χ3v) is 4.69. The number of β-amino-alcohol motifs (C(OH)–C–C–N with tert-alkyl or cyclic N) is 1. The van der Waals surface area contributed by atoms with E-state index in [0.717, 1.165) is 31.7 Å². The van der Waals surface area contributed by atoms with Gasteiger partial charge in [0.2, 0.25) is 11.8 Å². The second kappa shape index (κ2) is 8.56. The zero-order valence-corrected chi connectivity index (χ0v) is 15.1. The average Bonchev–Trinajstić information content (AvgIpc) is 3.05. The van der Waals surface area contributed by atoms with E-state index in [4.69, 9.17) is 4.42 Å². The summed E-state index contributed by atoms with van der Waals surface area (Å²) < 4.78 is 5.79. The molecular formula is C19H28N4O2. The fourth-order valence-corrected chi connectivity index (χ4v) is 3.48. The quantitative estimate of drug-likeness (QED) is 0.831. The molecular weight excluding hydrogens is 316 g/mol. The Morgan fingerprint density at radius 2 is 1.96 bits per heavy atom. The highest BCUT2D eigenvalue weighted by Crippen LogP contribution is 2.20. The van der Waals surface area contributed by atoms with Gasteiger partial charge in [0.05, 0.1) is 12.6 Å². The molecule has 6 nitrogen and oxygen atoms in total. The Hall–Kier alpha value is -1.76. The van der Waals surface area contributed by atoms with Gasteiger partial charge in [-0.25, -0.2) is 0 Å². The van der Waals surface area contributed by atoms with Crippen molar-refractivity contribution in [2.75, 3.05) is 33.2 Å². The molecule has 2 aromatic rings. The summed E-state index contributed by atoms with van der Waals surface area (Å²) in [4.78, 5) is 4.61. The summed E-state index contributed by atoms with van der Waals surface area (Å²) in [5.41, 5.74) is 0.953. The van der Waals surface area contributed by atoms with Crippen LogP contribution in [0.4, 0.5) is 0 Å². The largest absolute Gasteiger partial charge is 0.419 e. The first-order valence-electron chi connectivity index (χ1n) is 9.07. The van der Waals surface area contributed by atoms with E-state index in [0.29, 0.717) is 24.2 Å². The number of hydrogen-bond acceptors (Lipinski definition) is 6. The van der Waals surface area contributed by atoms with Gasteiger partial charge in [0.25, 0.3) is 0 Å². The van der Waals surface area contributed by atoms with Crippen LogP contribution in [0, 0.1) is 5.92 Å². The summed E-state index contributed by atoms with van der Waals surface area (Å²) in [6, 6.07) is 9.86. The van der Waals surface area contributed by atoms with Gasteiger partial charge >= 0.3 is 0 Å². The first-order chi connectivity index (χ1) is 12.1. The van der Waals surface area contributed by atoms with Crippen molar-refractivity contribution in [3.05, 3.63) is 36.2 Å². The van der Waals surface area contributed by atoms with Crippen LogP contribution in [-0.2, 0) is 6.54 Å². The summed E-state index contributed by atoms with van der Waals surface area (Å²) in [6.45, 7) is 6.49. The maximum atomic E-state index is 9.49. The van der Waals surface area contributed by atoms with Crippen LogP contribution in [0.15, 0.2) is 34.7 Å². The van der Waals surface area contributed by atoms with Crippen molar-refractivity contribution >= 4 is 0 Å². The van der Waals surface area contributed by atoms with Crippen LogP contribution in [-0.4, -0.2) is 64.4 Å². The smallest absolute Gasteiger partial charge is 0.247 e. The maximum Gasteiger partial charge on any atom is 0.247 e. The molecule has 0 amide bonds. The van der Waals surface area contributed by atoms with Crippen molar-refractivity contribution < 1.29 is 9.52 Å². The Morgan fingerprint density at radius 3 is 2.64 bits per heavy atom. The van der Waals surface area contributed by atoms with Gasteiger partial charge < -0.3 is 14.4 Å². The molecule has 1 saturated heterocycles. The number of likely N-dealkylation sites (tertiary alicyclic amines) is 1. The molecule has 0 radical (unpaired) electrons. The van der Waals surface area contributed by atoms with Crippen LogP contribution in [0.2, 0.25) is 0 Å². The maximum absolute atomic E-state index is 9.49. The van der Waals surface area contributed by atoms with Gasteiger partial charge in [0.1, 0.15) is 0 Å². The highest BCUT2D eigenvalue weighted by atomic mass is 16.4. The molecule has 1 aliphatic heterocycles. The highest BCUT2D eigenvalue weighted by molar-refractivity contribution is 5.51. The minimum absolute atomic E-state index is 0.240. The molecule has 0 aliphatic carbocycles. The van der Waals surface area contributed by atoms with Crippen LogP contribution in [0.25, 0.3) is 11.5 Å². The first-order valence-corrected chi connectivity index (χ1v) is 9.07. The van der Waals surface area contributed by atoms with E-state index in [-0.39, 0.29) is 6.10 Å². The molecule has 136 valence electrons. The number of nitrogens with zero attached hydrogens (tertiary/aromatic N) is 4. The van der Waals surface area contributed by atoms with Gasteiger partial charge in [-0.05, 0) is 58.0 Å². The lowest BCUT2D eigenvalue weighted by atomic mass is 9.96. The molecule has 25 heavy (non-hydrogen) atoms. The summed E-state index contributed by atoms with van der Waals surface area (Å²) in [7, 11) is 2.11. The van der Waals surface area contributed by atoms with Crippen LogP contribution in [0.3, 0.4) is 0 Å². The van der Waals surface area contributed by atoms with Gasteiger partial charge in [-0.1, -0.05) is 18.2 Å². The Bertz CT molecular complexity index is 636. The Labute approximate surface area is 149 Å². The molecule has 1 aliphatic rings. The molecule has 0 saturated carbocycles. The molecule has 0 spiro atoms. The van der Waals surface area contributed by atoms with E-state index in [1.54, 1.807) is 0 Å². The van der Waals surface area contributed by atoms with Crippen molar-refractivity contribution in [1.82, 2.24) is 20.0 Å². The number of aromatic nitrogens is 2. The number of piperidine rings is 1. The van der Waals surface area contributed by atoms with E-state index in [1.165, 1.54) is 12.8 Å². The van der Waals surface area contributed by atoms with Crippen molar-refractivity contribution in [2.24, 2.45) is 5.92 Å². The zero-order chi connectivity index (χ0) is 17.6. The second-order valence-corrected chi connectivity index (χ2v) is 7.16. The number of aliphatic hydroxyl groups is 1. The molecule has 1 atom stereocenters. The topological polar surface area (TPSA) is 65.6 Å². The van der Waals surface area contributed by atoms with Crippen molar-refractivity contribution in [3.8, 4) is 11.5 Å². The molecule has 1 N–H and O–H groups in total. The third kappa shape index (κ3) is 5.36. The van der Waals surface area contributed by atoms with Crippen molar-refractivity contribution in [2.45, 2.75) is 32.4 Å². The number of hydrogen-bond donors (Lipinski definition) is 1. The second-order valence-electron chi connectivity index (χ2n) is 7.16. The van der Waals surface area contributed by atoms with Crippen LogP contribution in [0.5, 0.6) is 0 Å². The van der Waals surface area contributed by atoms with E-state index < -0.39 is 0 Å². The molecule has 2 heterocycles. The zero-order valence-electron chi connectivity index (χ0n) is 15.1. The van der Waals surface area contributed by atoms with Crippen LogP contribution < -0.4 is 0 Å². The lowest BCUT2D eigenvalue weighted by Gasteiger charge is -2.34. The van der Waals surface area contributed by atoms with Gasteiger partial charge in [0.15, 0.2) is 0 Å². The van der Waals surface area contributed by atoms with Crippen LogP contribution in [0.1, 0.15) is 25.7 Å². The van der Waals surface area contributed by atoms with Crippen molar-refractivity contribution in [3.63, 3.8) is 0 Å². The number of benzene rings is 1. The van der Waals surface area contributed by atoms with E-state index in [2.05, 4.69) is 27.0 Å². The monoisotopic (exact) mass is 344 g/mol. The predicted molar refractivity (Wildman–Crippen MR) is 96.9 cm³/mol. The van der Waals surface area contributed by atoms with Crippen molar-refractivity contribution in [1.29, 1.82) is 0 Å². The predicted octanol–water partition coefficient (Wildman–Crippen LogP) is 2.26. The number of aliphatic hydroxyl groups excluding tert-OH is 1. The fraction of sp³-hybridized carbons (Fsp3) is 0.579. The molecule has 0 unspecified atom stereocenters. The third-order valence-electron chi connectivity index (χ3n) is 4.69. The molecule has 1 aromatic heterocycles. The lowest BCUT2D eigenvalue weighted by Crippen LogP contribution is -2.40. The van der Waals surface area contributed by atoms with Gasteiger partial charge in [-0.15, -0.1) is 10.2 Å². The normalized spacial score (nSPS) is 17.9. The summed E-state index contributed by atoms with van der Waals surface area (Å²) >= 11 is 0. The molecule has 6 heteroatoms. The highest BCUT2D eigenvalue weighted by Gasteiger charge is 2.21. The summed E-state index contributed by atoms with van der Waals surface area (Å²) in [6.07, 6.45) is 2.11. The minimum atomic E-state index is -0.240. The SMILES string of the molecule is C[C@H](O)CN1CCC(CN(C)Cc2nnc(-c3ccccc3)o2)CC1.